The smallest absolute Gasteiger partial charge is 0.00783 e. The molecule has 1 fully saturated rings. The van der Waals surface area contributed by atoms with Crippen molar-refractivity contribution in [1.82, 2.24) is 0 Å². The number of nitrogens with two attached hydrogens (primary N) is 1. The van der Waals surface area contributed by atoms with Gasteiger partial charge in [-0.2, -0.15) is 0 Å². The first-order valence-corrected chi connectivity index (χ1v) is 7.09. The van der Waals surface area contributed by atoms with Crippen LogP contribution in [-0.2, 0) is 18.3 Å². The second-order valence-electron chi connectivity index (χ2n) is 5.93. The summed E-state index contributed by atoms with van der Waals surface area (Å²) in [5, 5.41) is 0. The Morgan fingerprint density at radius 3 is 2.47 bits per heavy atom. The molecule has 1 heteroatoms. The largest absolute Gasteiger partial charge is 0.330 e. The van der Waals surface area contributed by atoms with Gasteiger partial charge in [0.1, 0.15) is 0 Å². The van der Waals surface area contributed by atoms with E-state index in [9.17, 15) is 0 Å². The van der Waals surface area contributed by atoms with Gasteiger partial charge >= 0.3 is 0 Å². The van der Waals surface area contributed by atoms with Crippen LogP contribution in [0.3, 0.4) is 0 Å². The van der Waals surface area contributed by atoms with E-state index in [4.69, 9.17) is 5.73 Å². The summed E-state index contributed by atoms with van der Waals surface area (Å²) in [6.45, 7) is 3.10. The second kappa shape index (κ2) is 4.13. The van der Waals surface area contributed by atoms with Crippen molar-refractivity contribution >= 4 is 0 Å². The van der Waals surface area contributed by atoms with Crippen LogP contribution in [0.4, 0.5) is 0 Å². The fraction of sp³-hybridized carbons (Fsp3) is 0.625. The molecule has 2 aliphatic carbocycles. The zero-order chi connectivity index (χ0) is 11.9. The maximum atomic E-state index is 6.13. The molecule has 1 aromatic carbocycles. The van der Waals surface area contributed by atoms with Crippen LogP contribution in [0.15, 0.2) is 12.1 Å². The van der Waals surface area contributed by atoms with Gasteiger partial charge in [0.15, 0.2) is 0 Å². The van der Waals surface area contributed by atoms with Crippen molar-refractivity contribution in [2.24, 2.45) is 5.73 Å². The fourth-order valence-corrected chi connectivity index (χ4v) is 4.02. The molecule has 0 aliphatic heterocycles. The second-order valence-corrected chi connectivity index (χ2v) is 5.93. The molecule has 2 N–H and O–H groups in total. The summed E-state index contributed by atoms with van der Waals surface area (Å²) in [5.74, 6) is 0. The Bertz CT molecular complexity index is 427. The third-order valence-corrected chi connectivity index (χ3v) is 5.04. The van der Waals surface area contributed by atoms with Gasteiger partial charge in [-0.3, -0.25) is 0 Å². The van der Waals surface area contributed by atoms with Crippen molar-refractivity contribution in [2.75, 3.05) is 6.54 Å². The average Bonchev–Trinajstić information content (AvgIpc) is 2.99. The van der Waals surface area contributed by atoms with Gasteiger partial charge < -0.3 is 5.73 Å². The number of benzene rings is 1. The zero-order valence-corrected chi connectivity index (χ0v) is 10.9. The van der Waals surface area contributed by atoms with Crippen LogP contribution in [0.1, 0.15) is 54.4 Å². The first kappa shape index (κ1) is 11.3. The molecule has 17 heavy (non-hydrogen) atoms. The summed E-state index contributed by atoms with van der Waals surface area (Å²) in [6.07, 6.45) is 9.25. The van der Waals surface area contributed by atoms with Gasteiger partial charge in [-0.1, -0.05) is 25.0 Å². The summed E-state index contributed by atoms with van der Waals surface area (Å²) in [5.41, 5.74) is 12.9. The molecule has 0 bridgehead atoms. The van der Waals surface area contributed by atoms with Crippen molar-refractivity contribution < 1.29 is 0 Å². The molecule has 3 rings (SSSR count). The molecule has 0 spiro atoms. The predicted molar refractivity (Wildman–Crippen MR) is 72.4 cm³/mol. The number of hydrogen-bond acceptors (Lipinski definition) is 1. The first-order chi connectivity index (χ1) is 8.27. The van der Waals surface area contributed by atoms with E-state index in [2.05, 4.69) is 19.1 Å². The standard InChI is InChI=1S/C16H23N/c1-12-7-8-15(14-6-4-5-13(12)14)16(11-17)9-2-3-10-16/h7-8H,2-6,9-11,17H2,1H3. The fourth-order valence-electron chi connectivity index (χ4n) is 4.02. The van der Waals surface area contributed by atoms with Crippen LogP contribution in [0.25, 0.3) is 0 Å². The van der Waals surface area contributed by atoms with Crippen LogP contribution in [0.2, 0.25) is 0 Å². The molecule has 0 saturated heterocycles. The van der Waals surface area contributed by atoms with Gasteiger partial charge in [-0.05, 0) is 61.3 Å². The lowest BCUT2D eigenvalue weighted by molar-refractivity contribution is 0.449. The summed E-state index contributed by atoms with van der Waals surface area (Å²) < 4.78 is 0. The highest BCUT2D eigenvalue weighted by Gasteiger charge is 2.37. The molecule has 0 radical (unpaired) electrons. The Morgan fingerprint density at radius 2 is 1.76 bits per heavy atom. The molecule has 0 aromatic heterocycles. The molecular weight excluding hydrogens is 206 g/mol. The van der Waals surface area contributed by atoms with Crippen LogP contribution in [0, 0.1) is 6.92 Å². The lowest BCUT2D eigenvalue weighted by Crippen LogP contribution is -2.33. The monoisotopic (exact) mass is 229 g/mol. The quantitative estimate of drug-likeness (QED) is 0.827. The van der Waals surface area contributed by atoms with Gasteiger partial charge in [-0.25, -0.2) is 0 Å². The molecule has 92 valence electrons. The molecule has 1 saturated carbocycles. The van der Waals surface area contributed by atoms with Gasteiger partial charge in [0.25, 0.3) is 0 Å². The van der Waals surface area contributed by atoms with Gasteiger partial charge in [0, 0.05) is 12.0 Å². The van der Waals surface area contributed by atoms with E-state index >= 15 is 0 Å². The van der Waals surface area contributed by atoms with E-state index in [1.54, 1.807) is 16.7 Å². The van der Waals surface area contributed by atoms with Gasteiger partial charge in [0.05, 0.1) is 0 Å². The Kier molecular flexibility index (Phi) is 2.74. The predicted octanol–water partition coefficient (Wildman–Crippen LogP) is 3.25. The molecule has 0 amide bonds. The van der Waals surface area contributed by atoms with Crippen molar-refractivity contribution in [3.63, 3.8) is 0 Å². The SMILES string of the molecule is Cc1ccc(C2(CN)CCCC2)c2c1CCC2. The van der Waals surface area contributed by atoms with Crippen LogP contribution < -0.4 is 5.73 Å². The van der Waals surface area contributed by atoms with Crippen LogP contribution >= 0.6 is 0 Å². The van der Waals surface area contributed by atoms with Crippen molar-refractivity contribution in [1.29, 1.82) is 0 Å². The van der Waals surface area contributed by atoms with E-state index in [0.29, 0.717) is 5.41 Å². The molecule has 0 atom stereocenters. The van der Waals surface area contributed by atoms with Crippen LogP contribution in [0.5, 0.6) is 0 Å². The molecule has 1 aromatic rings. The third-order valence-electron chi connectivity index (χ3n) is 5.04. The number of rotatable bonds is 2. The van der Waals surface area contributed by atoms with E-state index < -0.39 is 0 Å². The minimum absolute atomic E-state index is 0.322. The lowest BCUT2D eigenvalue weighted by Gasteiger charge is -2.30. The zero-order valence-electron chi connectivity index (χ0n) is 10.9. The number of aryl methyl sites for hydroxylation is 1. The Balaban J connectivity index is 2.12. The average molecular weight is 229 g/mol. The van der Waals surface area contributed by atoms with Gasteiger partial charge in [0.2, 0.25) is 0 Å². The topological polar surface area (TPSA) is 26.0 Å². The molecule has 0 heterocycles. The molecular formula is C16H23N. The lowest BCUT2D eigenvalue weighted by atomic mass is 9.75. The number of fused-ring (bicyclic) bond motifs is 1. The number of hydrogen-bond donors (Lipinski definition) is 1. The minimum Gasteiger partial charge on any atom is -0.330 e. The van der Waals surface area contributed by atoms with Crippen molar-refractivity contribution in [3.05, 3.63) is 34.4 Å². The minimum atomic E-state index is 0.322. The van der Waals surface area contributed by atoms with Crippen molar-refractivity contribution in [2.45, 2.75) is 57.3 Å². The maximum Gasteiger partial charge on any atom is 0.00783 e. The highest BCUT2D eigenvalue weighted by molar-refractivity contribution is 5.47. The molecule has 2 aliphatic rings. The summed E-state index contributed by atoms with van der Waals surface area (Å²) in [6, 6.07) is 4.72. The Morgan fingerprint density at radius 1 is 1.06 bits per heavy atom. The van der Waals surface area contributed by atoms with Gasteiger partial charge in [-0.15, -0.1) is 0 Å². The normalized spacial score (nSPS) is 21.8. The molecule has 1 nitrogen and oxygen atoms in total. The summed E-state index contributed by atoms with van der Waals surface area (Å²) in [4.78, 5) is 0. The molecule has 0 unspecified atom stereocenters. The van der Waals surface area contributed by atoms with E-state index in [1.807, 2.05) is 0 Å². The Labute approximate surface area is 104 Å². The van der Waals surface area contributed by atoms with Crippen LogP contribution in [-0.4, -0.2) is 6.54 Å². The highest BCUT2D eigenvalue weighted by Crippen LogP contribution is 2.44. The third kappa shape index (κ3) is 1.63. The highest BCUT2D eigenvalue weighted by atomic mass is 14.6. The van der Waals surface area contributed by atoms with Crippen molar-refractivity contribution in [3.8, 4) is 0 Å². The van der Waals surface area contributed by atoms with E-state index in [-0.39, 0.29) is 0 Å². The van der Waals surface area contributed by atoms with E-state index in [0.717, 1.165) is 6.54 Å². The van der Waals surface area contributed by atoms with E-state index in [1.165, 1.54) is 50.5 Å². The Hall–Kier alpha value is -0.820. The summed E-state index contributed by atoms with van der Waals surface area (Å²) >= 11 is 0. The summed E-state index contributed by atoms with van der Waals surface area (Å²) in [7, 11) is 0. The first-order valence-electron chi connectivity index (χ1n) is 7.09. The maximum absolute atomic E-state index is 6.13.